The van der Waals surface area contributed by atoms with Gasteiger partial charge in [0.1, 0.15) is 0 Å². The topological polar surface area (TPSA) is 35.5 Å². The molecule has 1 heterocycles. The molecule has 0 aromatic heterocycles. The molecule has 0 aliphatic carbocycles. The predicted molar refractivity (Wildman–Crippen MR) is 73.0 cm³/mol. The fourth-order valence-corrected chi connectivity index (χ4v) is 2.26. The molecule has 1 saturated heterocycles. The van der Waals surface area contributed by atoms with Crippen LogP contribution in [-0.2, 0) is 9.47 Å². The van der Waals surface area contributed by atoms with Gasteiger partial charge in [0.2, 0.25) is 0 Å². The van der Waals surface area contributed by atoms with Gasteiger partial charge in [-0.15, -0.1) is 0 Å². The average molecular weight is 334 g/mol. The molecule has 0 bridgehead atoms. The summed E-state index contributed by atoms with van der Waals surface area (Å²) in [6, 6.07) is 5.19. The molecule has 3 nitrogen and oxygen atoms in total. The van der Waals surface area contributed by atoms with E-state index < -0.39 is 0 Å². The third kappa shape index (κ3) is 3.79. The number of carbonyl (C=O) groups is 1. The normalized spacial score (nSPS) is 16.8. The Morgan fingerprint density at radius 1 is 1.39 bits per heavy atom. The highest BCUT2D eigenvalue weighted by molar-refractivity contribution is 9.10. The largest absolute Gasteiger partial charge is 0.353 e. The average Bonchev–Trinajstić information content (AvgIpc) is 2.40. The van der Waals surface area contributed by atoms with E-state index in [1.807, 2.05) is 0 Å². The third-order valence-electron chi connectivity index (χ3n) is 2.74. The summed E-state index contributed by atoms with van der Waals surface area (Å²) in [5.74, 6) is 0.0742. The summed E-state index contributed by atoms with van der Waals surface area (Å²) in [4.78, 5) is 12.0. The van der Waals surface area contributed by atoms with Crippen LogP contribution in [0.4, 0.5) is 0 Å². The SMILES string of the molecule is O=C(CCC1OCCCO1)c1ccc(Cl)c(Br)c1. The number of rotatable bonds is 4. The molecule has 98 valence electrons. The predicted octanol–water partition coefficient (Wildman–Crippen LogP) is 3.83. The van der Waals surface area contributed by atoms with E-state index in [1.165, 1.54) is 0 Å². The van der Waals surface area contributed by atoms with Crippen molar-refractivity contribution in [2.45, 2.75) is 25.6 Å². The molecule has 0 unspecified atom stereocenters. The number of carbonyl (C=O) groups excluding carboxylic acids is 1. The summed E-state index contributed by atoms with van der Waals surface area (Å²) >= 11 is 9.19. The van der Waals surface area contributed by atoms with Gasteiger partial charge in [-0.25, -0.2) is 0 Å². The first-order valence-corrected chi connectivity index (χ1v) is 7.05. The Labute approximate surface area is 120 Å². The van der Waals surface area contributed by atoms with E-state index in [2.05, 4.69) is 15.9 Å². The minimum absolute atomic E-state index is 0.0742. The molecule has 0 spiro atoms. The lowest BCUT2D eigenvalue weighted by molar-refractivity contribution is -0.180. The van der Waals surface area contributed by atoms with Gasteiger partial charge in [-0.2, -0.15) is 0 Å². The number of Topliss-reactive ketones (excluding diaryl/α,β-unsaturated/α-hetero) is 1. The molecule has 2 rings (SSSR count). The van der Waals surface area contributed by atoms with Gasteiger partial charge in [0, 0.05) is 22.9 Å². The second-order valence-electron chi connectivity index (χ2n) is 4.12. The van der Waals surface area contributed by atoms with Gasteiger partial charge < -0.3 is 9.47 Å². The minimum Gasteiger partial charge on any atom is -0.353 e. The van der Waals surface area contributed by atoms with Gasteiger partial charge in [0.05, 0.1) is 18.2 Å². The lowest BCUT2D eigenvalue weighted by Gasteiger charge is -2.22. The van der Waals surface area contributed by atoms with Crippen molar-refractivity contribution in [3.63, 3.8) is 0 Å². The van der Waals surface area contributed by atoms with Crippen LogP contribution in [0.1, 0.15) is 29.6 Å². The molecule has 1 aliphatic rings. The monoisotopic (exact) mass is 332 g/mol. The minimum atomic E-state index is -0.238. The van der Waals surface area contributed by atoms with Crippen LogP contribution in [-0.4, -0.2) is 25.3 Å². The van der Waals surface area contributed by atoms with Crippen molar-refractivity contribution in [1.82, 2.24) is 0 Å². The number of ketones is 1. The molecule has 0 atom stereocenters. The van der Waals surface area contributed by atoms with Crippen LogP contribution in [0.25, 0.3) is 0 Å². The number of ether oxygens (including phenoxy) is 2. The Bertz CT molecular complexity index is 430. The van der Waals surface area contributed by atoms with Crippen molar-refractivity contribution in [2.75, 3.05) is 13.2 Å². The van der Waals surface area contributed by atoms with Crippen LogP contribution in [0, 0.1) is 0 Å². The molecule has 1 fully saturated rings. The number of benzene rings is 1. The van der Waals surface area contributed by atoms with Crippen molar-refractivity contribution < 1.29 is 14.3 Å². The standard InChI is InChI=1S/C13H14BrClO3/c14-10-8-9(2-3-11(10)15)12(16)4-5-13-17-6-1-7-18-13/h2-3,8,13H,1,4-7H2. The van der Waals surface area contributed by atoms with E-state index in [1.54, 1.807) is 18.2 Å². The zero-order chi connectivity index (χ0) is 13.0. The Morgan fingerprint density at radius 2 is 2.11 bits per heavy atom. The number of hydrogen-bond donors (Lipinski definition) is 0. The summed E-state index contributed by atoms with van der Waals surface area (Å²) in [7, 11) is 0. The third-order valence-corrected chi connectivity index (χ3v) is 3.96. The van der Waals surface area contributed by atoms with Gasteiger partial charge in [0.15, 0.2) is 12.1 Å². The van der Waals surface area contributed by atoms with Gasteiger partial charge in [-0.05, 0) is 40.5 Å². The Kier molecular flexibility index (Phi) is 5.18. The van der Waals surface area contributed by atoms with E-state index in [9.17, 15) is 4.79 Å². The van der Waals surface area contributed by atoms with Crippen LogP contribution in [0.15, 0.2) is 22.7 Å². The molecule has 1 aromatic carbocycles. The molecule has 18 heavy (non-hydrogen) atoms. The van der Waals surface area contributed by atoms with E-state index in [0.29, 0.717) is 36.6 Å². The van der Waals surface area contributed by atoms with Crippen molar-refractivity contribution in [1.29, 1.82) is 0 Å². The maximum atomic E-state index is 12.0. The first kappa shape index (κ1) is 14.0. The van der Waals surface area contributed by atoms with Crippen LogP contribution >= 0.6 is 27.5 Å². The molecular formula is C13H14BrClO3. The molecule has 0 amide bonds. The van der Waals surface area contributed by atoms with E-state index in [-0.39, 0.29) is 12.1 Å². The number of halogens is 2. The van der Waals surface area contributed by atoms with Gasteiger partial charge in [0.25, 0.3) is 0 Å². The quantitative estimate of drug-likeness (QED) is 0.786. The van der Waals surface area contributed by atoms with E-state index >= 15 is 0 Å². The second kappa shape index (κ2) is 6.66. The highest BCUT2D eigenvalue weighted by Gasteiger charge is 2.16. The van der Waals surface area contributed by atoms with Crippen molar-refractivity contribution in [3.05, 3.63) is 33.3 Å². The fourth-order valence-electron chi connectivity index (χ4n) is 1.77. The summed E-state index contributed by atoms with van der Waals surface area (Å²) in [6.45, 7) is 1.43. The number of hydrogen-bond acceptors (Lipinski definition) is 3. The van der Waals surface area contributed by atoms with Gasteiger partial charge >= 0.3 is 0 Å². The highest BCUT2D eigenvalue weighted by Crippen LogP contribution is 2.24. The Balaban J connectivity index is 1.88. The van der Waals surface area contributed by atoms with Gasteiger partial charge in [-0.3, -0.25) is 4.79 Å². The first-order chi connectivity index (χ1) is 8.66. The first-order valence-electron chi connectivity index (χ1n) is 5.88. The van der Waals surface area contributed by atoms with Crippen LogP contribution in [0.3, 0.4) is 0 Å². The highest BCUT2D eigenvalue weighted by atomic mass is 79.9. The van der Waals surface area contributed by atoms with Crippen molar-refractivity contribution in [2.24, 2.45) is 0 Å². The molecule has 5 heteroatoms. The lowest BCUT2D eigenvalue weighted by atomic mass is 10.1. The zero-order valence-electron chi connectivity index (χ0n) is 9.83. The molecule has 1 aliphatic heterocycles. The van der Waals surface area contributed by atoms with Crippen LogP contribution < -0.4 is 0 Å². The second-order valence-corrected chi connectivity index (χ2v) is 5.38. The van der Waals surface area contributed by atoms with Crippen LogP contribution in [0.5, 0.6) is 0 Å². The molecule has 0 saturated carbocycles. The lowest BCUT2D eigenvalue weighted by Crippen LogP contribution is -2.25. The zero-order valence-corrected chi connectivity index (χ0v) is 12.2. The molecule has 0 N–H and O–H groups in total. The maximum absolute atomic E-state index is 12.0. The van der Waals surface area contributed by atoms with Crippen molar-refractivity contribution >= 4 is 33.3 Å². The van der Waals surface area contributed by atoms with E-state index in [4.69, 9.17) is 21.1 Å². The molecule has 0 radical (unpaired) electrons. The molecular weight excluding hydrogens is 319 g/mol. The summed E-state index contributed by atoms with van der Waals surface area (Å²) in [6.07, 6.45) is 1.70. The van der Waals surface area contributed by atoms with Gasteiger partial charge in [-0.1, -0.05) is 11.6 Å². The summed E-state index contributed by atoms with van der Waals surface area (Å²) in [5, 5.41) is 0.602. The van der Waals surface area contributed by atoms with Crippen LogP contribution in [0.2, 0.25) is 5.02 Å². The molecule has 1 aromatic rings. The Morgan fingerprint density at radius 3 is 2.78 bits per heavy atom. The van der Waals surface area contributed by atoms with E-state index in [0.717, 1.165) is 10.9 Å². The summed E-state index contributed by atoms with van der Waals surface area (Å²) in [5.41, 5.74) is 0.655. The van der Waals surface area contributed by atoms with Crippen molar-refractivity contribution in [3.8, 4) is 0 Å². The maximum Gasteiger partial charge on any atom is 0.163 e. The summed E-state index contributed by atoms with van der Waals surface area (Å²) < 4.78 is 11.5. The Hall–Kier alpha value is -0.420. The smallest absolute Gasteiger partial charge is 0.163 e. The fraction of sp³-hybridized carbons (Fsp3) is 0.462.